The highest BCUT2D eigenvalue weighted by Gasteiger charge is 2.43. The quantitative estimate of drug-likeness (QED) is 0.627. The fourth-order valence-electron chi connectivity index (χ4n) is 2.46. The molecule has 1 aliphatic carbocycles. The molecule has 1 aliphatic rings. The molecule has 0 saturated heterocycles. The van der Waals surface area contributed by atoms with Crippen molar-refractivity contribution in [1.82, 2.24) is 0 Å². The molecule has 3 atom stereocenters. The van der Waals surface area contributed by atoms with Crippen molar-refractivity contribution in [2.45, 2.75) is 50.3 Å². The summed E-state index contributed by atoms with van der Waals surface area (Å²) in [5, 5.41) is 9.81. The zero-order chi connectivity index (χ0) is 11.3. The molecule has 0 bridgehead atoms. The van der Waals surface area contributed by atoms with E-state index in [1.54, 1.807) is 0 Å². The Kier molecular flexibility index (Phi) is 5.69. The van der Waals surface area contributed by atoms with Gasteiger partial charge in [0.15, 0.2) is 0 Å². The standard InChI is InChI=1S/C10H20NO3P/c11-7-6-9(12)10(15(13)14)8-4-2-1-3-5-8/h8-10,12H,1-7,11H2/p+1/t9-,10-/m1/s1. The summed E-state index contributed by atoms with van der Waals surface area (Å²) < 4.78 is 11.3. The van der Waals surface area contributed by atoms with E-state index in [1.165, 1.54) is 6.42 Å². The predicted octanol–water partition coefficient (Wildman–Crippen LogP) is 1.38. The first-order chi connectivity index (χ1) is 7.16. The van der Waals surface area contributed by atoms with Gasteiger partial charge < -0.3 is 10.8 Å². The molecule has 0 amide bonds. The Balaban J connectivity index is 2.58. The summed E-state index contributed by atoms with van der Waals surface area (Å²) >= 11 is 0. The van der Waals surface area contributed by atoms with Crippen LogP contribution < -0.4 is 5.73 Å². The van der Waals surface area contributed by atoms with Gasteiger partial charge in [-0.25, -0.2) is 0 Å². The van der Waals surface area contributed by atoms with E-state index in [0.717, 1.165) is 25.7 Å². The van der Waals surface area contributed by atoms with Gasteiger partial charge in [-0.15, -0.1) is 0 Å². The summed E-state index contributed by atoms with van der Waals surface area (Å²) in [7, 11) is -2.29. The maximum Gasteiger partial charge on any atom is 0.511 e. The zero-order valence-electron chi connectivity index (χ0n) is 9.01. The first-order valence-electron chi connectivity index (χ1n) is 5.70. The van der Waals surface area contributed by atoms with Crippen LogP contribution in [0.15, 0.2) is 0 Å². The molecule has 1 fully saturated rings. The van der Waals surface area contributed by atoms with E-state index in [4.69, 9.17) is 5.73 Å². The summed E-state index contributed by atoms with van der Waals surface area (Å²) in [6, 6.07) is 0. The first-order valence-corrected chi connectivity index (χ1v) is 6.98. The molecule has 1 saturated carbocycles. The van der Waals surface area contributed by atoms with E-state index >= 15 is 0 Å². The maximum atomic E-state index is 11.3. The summed E-state index contributed by atoms with van der Waals surface area (Å²) in [6.07, 6.45) is 5.06. The number of hydrogen-bond acceptors (Lipinski definition) is 3. The Hall–Kier alpha value is -0.0200. The molecule has 1 rings (SSSR count). The Morgan fingerprint density at radius 1 is 1.33 bits per heavy atom. The van der Waals surface area contributed by atoms with Crippen molar-refractivity contribution in [3.63, 3.8) is 0 Å². The smallest absolute Gasteiger partial charge is 0.388 e. The number of hydrogen-bond donors (Lipinski definition) is 3. The Morgan fingerprint density at radius 2 is 1.93 bits per heavy atom. The van der Waals surface area contributed by atoms with Crippen LogP contribution in [0.5, 0.6) is 0 Å². The average molecular weight is 234 g/mol. The minimum Gasteiger partial charge on any atom is -0.388 e. The highest BCUT2D eigenvalue weighted by atomic mass is 31.1. The third-order valence-electron chi connectivity index (χ3n) is 3.24. The van der Waals surface area contributed by atoms with Crippen molar-refractivity contribution in [2.75, 3.05) is 6.54 Å². The average Bonchev–Trinajstić information content (AvgIpc) is 2.19. The monoisotopic (exact) mass is 234 g/mol. The van der Waals surface area contributed by atoms with Crippen molar-refractivity contribution in [2.24, 2.45) is 11.7 Å². The Morgan fingerprint density at radius 3 is 2.40 bits per heavy atom. The van der Waals surface area contributed by atoms with Gasteiger partial charge in [-0.3, -0.25) is 0 Å². The Bertz CT molecular complexity index is 207. The molecule has 0 aromatic rings. The summed E-state index contributed by atoms with van der Waals surface area (Å²) in [5.74, 6) is 0.203. The van der Waals surface area contributed by atoms with Crippen molar-refractivity contribution in [1.29, 1.82) is 0 Å². The van der Waals surface area contributed by atoms with Gasteiger partial charge >= 0.3 is 8.03 Å². The zero-order valence-corrected chi connectivity index (χ0v) is 9.90. The Labute approximate surface area is 91.7 Å². The number of aliphatic hydroxyl groups excluding tert-OH is 1. The van der Waals surface area contributed by atoms with Crippen LogP contribution in [0.4, 0.5) is 0 Å². The first kappa shape index (κ1) is 13.0. The number of nitrogens with two attached hydrogens (primary N) is 1. The number of aliphatic hydroxyl groups is 1. The minimum atomic E-state index is -2.29. The SMILES string of the molecule is NCC[C@@H](O)[C@@H](C1CCCCC1)[P+](=O)O. The summed E-state index contributed by atoms with van der Waals surface area (Å²) in [5.41, 5.74) is 4.89. The van der Waals surface area contributed by atoms with Crippen LogP contribution >= 0.6 is 8.03 Å². The molecule has 15 heavy (non-hydrogen) atoms. The van der Waals surface area contributed by atoms with Crippen LogP contribution in [-0.4, -0.2) is 28.3 Å². The van der Waals surface area contributed by atoms with Gasteiger partial charge in [-0.1, -0.05) is 19.3 Å². The lowest BCUT2D eigenvalue weighted by Gasteiger charge is -2.25. The molecule has 0 aromatic heterocycles. The predicted molar refractivity (Wildman–Crippen MR) is 59.9 cm³/mol. The molecular formula is C10H21NO3P+. The van der Waals surface area contributed by atoms with Crippen molar-refractivity contribution < 1.29 is 14.6 Å². The van der Waals surface area contributed by atoms with E-state index in [9.17, 15) is 14.6 Å². The molecule has 0 radical (unpaired) electrons. The van der Waals surface area contributed by atoms with Crippen LogP contribution in [-0.2, 0) is 4.57 Å². The van der Waals surface area contributed by atoms with E-state index in [-0.39, 0.29) is 5.92 Å². The lowest BCUT2D eigenvalue weighted by molar-refractivity contribution is 0.124. The second kappa shape index (κ2) is 6.54. The third kappa shape index (κ3) is 3.80. The molecule has 0 aliphatic heterocycles. The van der Waals surface area contributed by atoms with Crippen molar-refractivity contribution in [3.8, 4) is 0 Å². The van der Waals surface area contributed by atoms with Gasteiger partial charge in [0.2, 0.25) is 5.66 Å². The van der Waals surface area contributed by atoms with Gasteiger partial charge in [0, 0.05) is 5.92 Å². The van der Waals surface area contributed by atoms with Gasteiger partial charge in [0.25, 0.3) is 0 Å². The molecule has 0 spiro atoms. The van der Waals surface area contributed by atoms with Gasteiger partial charge in [-0.2, -0.15) is 4.89 Å². The van der Waals surface area contributed by atoms with Crippen LogP contribution in [0.25, 0.3) is 0 Å². The molecule has 4 N–H and O–H groups in total. The molecule has 1 unspecified atom stereocenters. The molecule has 88 valence electrons. The molecule has 0 heterocycles. The fraction of sp³-hybridized carbons (Fsp3) is 1.00. The molecule has 4 nitrogen and oxygen atoms in total. The van der Waals surface area contributed by atoms with Gasteiger partial charge in [0.05, 0.1) is 0 Å². The summed E-state index contributed by atoms with van der Waals surface area (Å²) in [6.45, 7) is 0.369. The van der Waals surface area contributed by atoms with Crippen molar-refractivity contribution >= 4 is 8.03 Å². The van der Waals surface area contributed by atoms with E-state index in [0.29, 0.717) is 13.0 Å². The second-order valence-electron chi connectivity index (χ2n) is 4.34. The van der Waals surface area contributed by atoms with Crippen LogP contribution in [0.1, 0.15) is 38.5 Å². The highest BCUT2D eigenvalue weighted by Crippen LogP contribution is 2.40. The largest absolute Gasteiger partial charge is 0.511 e. The normalized spacial score (nSPS) is 23.5. The van der Waals surface area contributed by atoms with Crippen LogP contribution in [0, 0.1) is 5.92 Å². The van der Waals surface area contributed by atoms with E-state index in [2.05, 4.69) is 0 Å². The third-order valence-corrected chi connectivity index (χ3v) is 4.52. The molecular weight excluding hydrogens is 213 g/mol. The van der Waals surface area contributed by atoms with E-state index < -0.39 is 19.8 Å². The lowest BCUT2D eigenvalue weighted by Crippen LogP contribution is -2.33. The number of rotatable bonds is 5. The summed E-state index contributed by atoms with van der Waals surface area (Å²) in [4.78, 5) is 9.27. The minimum absolute atomic E-state index is 0.203. The second-order valence-corrected chi connectivity index (χ2v) is 5.54. The molecule has 0 aromatic carbocycles. The van der Waals surface area contributed by atoms with Gasteiger partial charge in [-0.05, 0) is 30.4 Å². The molecule has 5 heteroatoms. The lowest BCUT2D eigenvalue weighted by atomic mass is 9.84. The highest BCUT2D eigenvalue weighted by molar-refractivity contribution is 7.39. The fourth-order valence-corrected chi connectivity index (χ4v) is 3.56. The van der Waals surface area contributed by atoms with Crippen molar-refractivity contribution in [3.05, 3.63) is 0 Å². The topological polar surface area (TPSA) is 83.5 Å². The van der Waals surface area contributed by atoms with E-state index in [1.807, 2.05) is 0 Å². The maximum absolute atomic E-state index is 11.3. The van der Waals surface area contributed by atoms with Crippen LogP contribution in [0.2, 0.25) is 0 Å². The van der Waals surface area contributed by atoms with Gasteiger partial charge in [0.1, 0.15) is 6.10 Å². The van der Waals surface area contributed by atoms with Crippen LogP contribution in [0.3, 0.4) is 0 Å².